The maximum absolute atomic E-state index is 13.7. The maximum atomic E-state index is 13.7. The molecule has 178 valence electrons. The number of nitrogens with zero attached hydrogens (tertiary/aromatic N) is 3. The van der Waals surface area contributed by atoms with Crippen molar-refractivity contribution in [1.29, 1.82) is 0 Å². The van der Waals surface area contributed by atoms with Crippen LogP contribution < -0.4 is 4.90 Å². The zero-order valence-electron chi connectivity index (χ0n) is 19.3. The number of rotatable bonds is 6. The van der Waals surface area contributed by atoms with Crippen LogP contribution >= 0.6 is 0 Å². The number of hydrogen-bond donors (Lipinski definition) is 0. The summed E-state index contributed by atoms with van der Waals surface area (Å²) in [6.07, 6.45) is 8.03. The minimum Gasteiger partial charge on any atom is -0.378 e. The normalized spacial score (nSPS) is 21.7. The summed E-state index contributed by atoms with van der Waals surface area (Å²) in [6.45, 7) is 6.81. The summed E-state index contributed by atoms with van der Waals surface area (Å²) in [4.78, 5) is 17.6. The first-order valence-corrected chi connectivity index (χ1v) is 13.7. The van der Waals surface area contributed by atoms with Crippen molar-refractivity contribution in [2.75, 3.05) is 50.8 Å². The molecule has 7 nitrogen and oxygen atoms in total. The Balaban J connectivity index is 1.62. The van der Waals surface area contributed by atoms with E-state index in [0.717, 1.165) is 63.7 Å². The highest BCUT2D eigenvalue weighted by Crippen LogP contribution is 2.33. The van der Waals surface area contributed by atoms with E-state index >= 15 is 0 Å². The molecule has 1 aromatic rings. The highest BCUT2D eigenvalue weighted by Gasteiger charge is 2.32. The van der Waals surface area contributed by atoms with E-state index in [9.17, 15) is 13.2 Å². The summed E-state index contributed by atoms with van der Waals surface area (Å²) in [5, 5.41) is 0. The molecule has 1 aromatic carbocycles. The number of carbonyl (C=O) groups excluding carboxylic acids is 1. The molecule has 0 saturated carbocycles. The van der Waals surface area contributed by atoms with Crippen LogP contribution in [0, 0.1) is 0 Å². The number of hydrogen-bond acceptors (Lipinski definition) is 5. The molecule has 3 fully saturated rings. The summed E-state index contributed by atoms with van der Waals surface area (Å²) in [5.41, 5.74) is 1.22. The molecular weight excluding hydrogens is 426 g/mol. The number of benzene rings is 1. The van der Waals surface area contributed by atoms with E-state index in [1.807, 2.05) is 24.0 Å². The Bertz CT molecular complexity index is 885. The predicted molar refractivity (Wildman–Crippen MR) is 126 cm³/mol. The third-order valence-electron chi connectivity index (χ3n) is 6.97. The van der Waals surface area contributed by atoms with Gasteiger partial charge in [-0.05, 0) is 70.1 Å². The van der Waals surface area contributed by atoms with Gasteiger partial charge in [0.1, 0.15) is 4.90 Å². The fourth-order valence-electron chi connectivity index (χ4n) is 5.14. The molecule has 0 N–H and O–H groups in total. The van der Waals surface area contributed by atoms with Crippen LogP contribution in [-0.2, 0) is 14.8 Å². The highest BCUT2D eigenvalue weighted by molar-refractivity contribution is 7.89. The molecule has 0 aliphatic carbocycles. The molecule has 3 saturated heterocycles. The van der Waals surface area contributed by atoms with Crippen molar-refractivity contribution in [2.45, 2.75) is 69.3 Å². The Morgan fingerprint density at radius 1 is 0.938 bits per heavy atom. The Morgan fingerprint density at radius 3 is 2.19 bits per heavy atom. The summed E-state index contributed by atoms with van der Waals surface area (Å²) >= 11 is 0. The Labute approximate surface area is 192 Å². The molecule has 0 atom stereocenters. The van der Waals surface area contributed by atoms with Gasteiger partial charge in [-0.2, -0.15) is 4.31 Å². The molecule has 0 bridgehead atoms. The second-order valence-electron chi connectivity index (χ2n) is 9.14. The first-order chi connectivity index (χ1) is 15.5. The van der Waals surface area contributed by atoms with Crippen molar-refractivity contribution in [2.24, 2.45) is 0 Å². The van der Waals surface area contributed by atoms with Gasteiger partial charge in [-0.1, -0.05) is 6.42 Å². The molecule has 4 rings (SSSR count). The van der Waals surface area contributed by atoms with Crippen LogP contribution in [0.25, 0.3) is 0 Å². The average molecular weight is 464 g/mol. The quantitative estimate of drug-likeness (QED) is 0.646. The Hall–Kier alpha value is -1.64. The topological polar surface area (TPSA) is 70.2 Å². The van der Waals surface area contributed by atoms with Crippen LogP contribution in [0.1, 0.15) is 68.6 Å². The van der Waals surface area contributed by atoms with Gasteiger partial charge in [0, 0.05) is 51.4 Å². The number of likely N-dealkylation sites (tertiary alicyclic amines) is 1. The molecule has 0 spiro atoms. The van der Waals surface area contributed by atoms with Crippen molar-refractivity contribution in [1.82, 2.24) is 9.21 Å². The predicted octanol–water partition coefficient (Wildman–Crippen LogP) is 3.49. The van der Waals surface area contributed by atoms with Gasteiger partial charge in [-0.25, -0.2) is 8.42 Å². The van der Waals surface area contributed by atoms with Gasteiger partial charge in [0.2, 0.25) is 10.0 Å². The molecule has 1 amide bonds. The van der Waals surface area contributed by atoms with Crippen LogP contribution in [0.15, 0.2) is 23.1 Å². The summed E-state index contributed by atoms with van der Waals surface area (Å²) in [7, 11) is -3.64. The molecule has 3 aliphatic heterocycles. The summed E-state index contributed by atoms with van der Waals surface area (Å²) in [6, 6.07) is 5.32. The monoisotopic (exact) mass is 463 g/mol. The Morgan fingerprint density at radius 2 is 1.56 bits per heavy atom. The standard InChI is InChI=1S/C24H37N3O4S/c1-2-31-21-11-17-26(18-12-21)24(28)20-9-10-22(25-13-5-3-6-14-25)23(19-20)32(29,30)27-15-7-4-8-16-27/h9-10,19,21H,2-8,11-18H2,1H3. The van der Waals surface area contributed by atoms with Crippen LogP contribution in [0.5, 0.6) is 0 Å². The van der Waals surface area contributed by atoms with Crippen molar-refractivity contribution in [3.05, 3.63) is 23.8 Å². The van der Waals surface area contributed by atoms with Gasteiger partial charge in [0.15, 0.2) is 0 Å². The molecule has 32 heavy (non-hydrogen) atoms. The van der Waals surface area contributed by atoms with Gasteiger partial charge in [0.25, 0.3) is 5.91 Å². The second kappa shape index (κ2) is 10.5. The number of piperidine rings is 3. The number of ether oxygens (including phenoxy) is 1. The lowest BCUT2D eigenvalue weighted by molar-refractivity contribution is 0.0146. The SMILES string of the molecule is CCOC1CCN(C(=O)c2ccc(N3CCCCC3)c(S(=O)(=O)N3CCCCC3)c2)CC1. The van der Waals surface area contributed by atoms with E-state index < -0.39 is 10.0 Å². The van der Waals surface area contributed by atoms with E-state index in [0.29, 0.717) is 43.2 Å². The minimum atomic E-state index is -3.64. The lowest BCUT2D eigenvalue weighted by atomic mass is 10.1. The van der Waals surface area contributed by atoms with E-state index in [2.05, 4.69) is 4.90 Å². The van der Waals surface area contributed by atoms with Crippen LogP contribution in [0.2, 0.25) is 0 Å². The van der Waals surface area contributed by atoms with E-state index in [-0.39, 0.29) is 12.0 Å². The van der Waals surface area contributed by atoms with Crippen LogP contribution in [0.3, 0.4) is 0 Å². The van der Waals surface area contributed by atoms with Gasteiger partial charge < -0.3 is 14.5 Å². The van der Waals surface area contributed by atoms with E-state index in [1.165, 1.54) is 6.42 Å². The zero-order valence-corrected chi connectivity index (χ0v) is 20.1. The second-order valence-corrected chi connectivity index (χ2v) is 11.0. The van der Waals surface area contributed by atoms with Crippen molar-refractivity contribution < 1.29 is 17.9 Å². The number of amides is 1. The smallest absolute Gasteiger partial charge is 0.253 e. The Kier molecular flexibility index (Phi) is 7.74. The van der Waals surface area contributed by atoms with E-state index in [4.69, 9.17) is 4.74 Å². The van der Waals surface area contributed by atoms with Gasteiger partial charge in [-0.15, -0.1) is 0 Å². The first-order valence-electron chi connectivity index (χ1n) is 12.3. The first kappa shape index (κ1) is 23.5. The van der Waals surface area contributed by atoms with E-state index in [1.54, 1.807) is 10.4 Å². The average Bonchev–Trinajstić information content (AvgIpc) is 2.85. The van der Waals surface area contributed by atoms with Crippen molar-refractivity contribution in [3.63, 3.8) is 0 Å². The molecule has 0 aromatic heterocycles. The number of anilines is 1. The third-order valence-corrected chi connectivity index (χ3v) is 8.90. The molecule has 0 unspecified atom stereocenters. The lowest BCUT2D eigenvalue weighted by Gasteiger charge is -2.34. The largest absolute Gasteiger partial charge is 0.378 e. The highest BCUT2D eigenvalue weighted by atomic mass is 32.2. The van der Waals surface area contributed by atoms with Gasteiger partial charge in [0.05, 0.1) is 11.8 Å². The number of carbonyl (C=O) groups is 1. The van der Waals surface area contributed by atoms with Crippen molar-refractivity contribution >= 4 is 21.6 Å². The molecule has 3 aliphatic rings. The zero-order chi connectivity index (χ0) is 22.6. The summed E-state index contributed by atoms with van der Waals surface area (Å²) in [5.74, 6) is -0.0831. The molecule has 3 heterocycles. The maximum Gasteiger partial charge on any atom is 0.253 e. The van der Waals surface area contributed by atoms with Gasteiger partial charge >= 0.3 is 0 Å². The molecular formula is C24H37N3O4S. The molecule has 0 radical (unpaired) electrons. The van der Waals surface area contributed by atoms with Crippen molar-refractivity contribution in [3.8, 4) is 0 Å². The van der Waals surface area contributed by atoms with Crippen LogP contribution in [0.4, 0.5) is 5.69 Å². The minimum absolute atomic E-state index is 0.0831. The third kappa shape index (κ3) is 5.13. The lowest BCUT2D eigenvalue weighted by Crippen LogP contribution is -2.41. The summed E-state index contributed by atoms with van der Waals surface area (Å²) < 4.78 is 34.7. The molecule has 8 heteroatoms. The van der Waals surface area contributed by atoms with Gasteiger partial charge in [-0.3, -0.25) is 4.79 Å². The fourth-order valence-corrected chi connectivity index (χ4v) is 6.89. The fraction of sp³-hybridized carbons (Fsp3) is 0.708. The van der Waals surface area contributed by atoms with Crippen LogP contribution in [-0.4, -0.2) is 75.5 Å². The number of sulfonamides is 1.